The van der Waals surface area contributed by atoms with Crippen molar-refractivity contribution >= 4 is 28.5 Å². The molecule has 0 atom stereocenters. The van der Waals surface area contributed by atoms with Gasteiger partial charge in [0.15, 0.2) is 0 Å². The Hall–Kier alpha value is -3.45. The second-order valence-corrected chi connectivity index (χ2v) is 5.64. The van der Waals surface area contributed by atoms with Crippen LogP contribution in [0.1, 0.15) is 10.4 Å². The van der Waals surface area contributed by atoms with Gasteiger partial charge in [-0.3, -0.25) is 15.1 Å². The summed E-state index contributed by atoms with van der Waals surface area (Å²) in [4.78, 5) is 21.2. The maximum atomic E-state index is 12.7. The Bertz CT molecular complexity index is 958. The van der Waals surface area contributed by atoms with Crippen LogP contribution in [-0.4, -0.2) is 37.2 Å². The van der Waals surface area contributed by atoms with Gasteiger partial charge in [0.25, 0.3) is 5.91 Å². The van der Waals surface area contributed by atoms with Crippen molar-refractivity contribution in [1.29, 1.82) is 0 Å². The van der Waals surface area contributed by atoms with Crippen LogP contribution in [0.5, 0.6) is 5.75 Å². The number of amides is 1. The summed E-state index contributed by atoms with van der Waals surface area (Å²) in [6.07, 6.45) is 1.56. The molecule has 0 fully saturated rings. The van der Waals surface area contributed by atoms with Crippen LogP contribution in [0.4, 0.5) is 5.69 Å². The minimum Gasteiger partial charge on any atom is -0.489 e. The third-order valence-corrected chi connectivity index (χ3v) is 3.77. The third kappa shape index (κ3) is 4.59. The number of rotatable bonds is 6. The highest BCUT2D eigenvalue weighted by Crippen LogP contribution is 2.26. The van der Waals surface area contributed by atoms with Crippen molar-refractivity contribution in [2.75, 3.05) is 20.3 Å². The molecule has 1 heterocycles. The smallest absolute Gasteiger partial charge is 0.258 e. The molecule has 3 rings (SSSR count). The van der Waals surface area contributed by atoms with Crippen molar-refractivity contribution < 1.29 is 14.3 Å². The summed E-state index contributed by atoms with van der Waals surface area (Å²) in [5.74, 6) is 0.238. The summed E-state index contributed by atoms with van der Waals surface area (Å²) in [7, 11) is 1.61. The predicted molar refractivity (Wildman–Crippen MR) is 104 cm³/mol. The van der Waals surface area contributed by atoms with Crippen molar-refractivity contribution in [3.63, 3.8) is 0 Å². The number of aliphatic imine (C=N–C) groups is 1. The number of nitrogens with one attached hydrogen (secondary N) is 1. The molecule has 0 saturated carbocycles. The zero-order valence-corrected chi connectivity index (χ0v) is 14.9. The molecule has 0 spiro atoms. The number of fused-ring (bicyclic) bond motifs is 1. The highest BCUT2D eigenvalue weighted by molar-refractivity contribution is 6.12. The van der Waals surface area contributed by atoms with E-state index < -0.39 is 0 Å². The fourth-order valence-corrected chi connectivity index (χ4v) is 2.55. The van der Waals surface area contributed by atoms with Crippen molar-refractivity contribution in [2.24, 2.45) is 10.7 Å². The molecule has 0 aliphatic heterocycles. The van der Waals surface area contributed by atoms with Gasteiger partial charge in [0.2, 0.25) is 5.96 Å². The molecule has 0 radical (unpaired) electrons. The Balaban J connectivity index is 1.84. The van der Waals surface area contributed by atoms with E-state index in [4.69, 9.17) is 15.2 Å². The highest BCUT2D eigenvalue weighted by atomic mass is 16.5. The van der Waals surface area contributed by atoms with Crippen LogP contribution in [0.3, 0.4) is 0 Å². The van der Waals surface area contributed by atoms with Crippen LogP contribution in [0.25, 0.3) is 10.9 Å². The molecule has 7 heteroatoms. The normalized spacial score (nSPS) is 11.4. The Labute approximate surface area is 156 Å². The Kier molecular flexibility index (Phi) is 5.96. The first-order valence-electron chi connectivity index (χ1n) is 8.39. The maximum absolute atomic E-state index is 12.7. The van der Waals surface area contributed by atoms with Gasteiger partial charge in [-0.1, -0.05) is 30.3 Å². The van der Waals surface area contributed by atoms with Gasteiger partial charge in [0, 0.05) is 18.7 Å². The lowest BCUT2D eigenvalue weighted by atomic mass is 10.1. The average Bonchev–Trinajstić information content (AvgIpc) is 2.68. The van der Waals surface area contributed by atoms with E-state index in [-0.39, 0.29) is 11.9 Å². The molecule has 27 heavy (non-hydrogen) atoms. The van der Waals surface area contributed by atoms with Gasteiger partial charge in [0.05, 0.1) is 17.9 Å². The first kappa shape index (κ1) is 18.3. The lowest BCUT2D eigenvalue weighted by Crippen LogP contribution is -2.36. The Morgan fingerprint density at radius 3 is 2.70 bits per heavy atom. The molecule has 138 valence electrons. The zero-order chi connectivity index (χ0) is 19.1. The molecule has 0 saturated heterocycles. The summed E-state index contributed by atoms with van der Waals surface area (Å²) in [6, 6.07) is 16.2. The van der Waals surface area contributed by atoms with Gasteiger partial charge >= 0.3 is 0 Å². The second-order valence-electron chi connectivity index (χ2n) is 5.64. The monoisotopic (exact) mass is 364 g/mol. The fourth-order valence-electron chi connectivity index (χ4n) is 2.55. The summed E-state index contributed by atoms with van der Waals surface area (Å²) in [6.45, 7) is 0.855. The molecule has 0 aliphatic rings. The molecular formula is C20H20N4O3. The molecule has 3 N–H and O–H groups in total. The van der Waals surface area contributed by atoms with Gasteiger partial charge < -0.3 is 15.2 Å². The molecule has 0 aliphatic carbocycles. The zero-order valence-electron chi connectivity index (χ0n) is 14.9. The summed E-state index contributed by atoms with van der Waals surface area (Å²) in [5, 5.41) is 3.27. The van der Waals surface area contributed by atoms with Crippen LogP contribution < -0.4 is 15.8 Å². The first-order chi connectivity index (χ1) is 13.2. The minimum absolute atomic E-state index is 0.0173. The lowest BCUT2D eigenvalue weighted by molar-refractivity contribution is 0.0978. The Morgan fingerprint density at radius 2 is 1.93 bits per heavy atom. The van der Waals surface area contributed by atoms with Crippen molar-refractivity contribution in [3.05, 3.63) is 66.4 Å². The highest BCUT2D eigenvalue weighted by Gasteiger charge is 2.14. The van der Waals surface area contributed by atoms with E-state index in [1.165, 1.54) is 0 Å². The van der Waals surface area contributed by atoms with E-state index in [0.717, 1.165) is 0 Å². The van der Waals surface area contributed by atoms with E-state index >= 15 is 0 Å². The van der Waals surface area contributed by atoms with Gasteiger partial charge in [-0.2, -0.15) is 0 Å². The number of para-hydroxylation sites is 2. The first-order valence-corrected chi connectivity index (χ1v) is 8.39. The van der Waals surface area contributed by atoms with Gasteiger partial charge in [-0.15, -0.1) is 0 Å². The summed E-state index contributed by atoms with van der Waals surface area (Å²) >= 11 is 0. The maximum Gasteiger partial charge on any atom is 0.258 e. The number of methoxy groups -OCH3 is 1. The molecule has 0 bridgehead atoms. The number of pyridine rings is 1. The molecule has 1 amide bonds. The topological polar surface area (TPSA) is 98.8 Å². The quantitative estimate of drug-likeness (QED) is 0.398. The van der Waals surface area contributed by atoms with Crippen molar-refractivity contribution in [1.82, 2.24) is 10.3 Å². The minimum atomic E-state index is -0.367. The Morgan fingerprint density at radius 1 is 1.11 bits per heavy atom. The predicted octanol–water partition coefficient (Wildman–Crippen LogP) is 2.64. The fraction of sp³-hybridized carbons (Fsp3) is 0.150. The van der Waals surface area contributed by atoms with E-state index in [1.54, 1.807) is 37.6 Å². The van der Waals surface area contributed by atoms with Crippen LogP contribution in [0, 0.1) is 0 Å². The number of nitrogens with two attached hydrogens (primary N) is 1. The number of carbonyl (C=O) groups excluding carboxylic acids is 1. The van der Waals surface area contributed by atoms with E-state index in [0.29, 0.717) is 41.1 Å². The number of nitrogens with zero attached hydrogens (tertiary/aromatic N) is 2. The van der Waals surface area contributed by atoms with E-state index in [1.807, 2.05) is 30.3 Å². The van der Waals surface area contributed by atoms with Gasteiger partial charge in [-0.05, 0) is 24.3 Å². The molecule has 2 aromatic carbocycles. The number of hydrogen-bond donors (Lipinski definition) is 2. The largest absolute Gasteiger partial charge is 0.489 e. The van der Waals surface area contributed by atoms with Crippen LogP contribution in [0.15, 0.2) is 65.8 Å². The summed E-state index contributed by atoms with van der Waals surface area (Å²) in [5.41, 5.74) is 7.55. The SMILES string of the molecule is COCCOc1cccc2c(C(=O)NC(N)=Nc3ccccc3)ccnc12. The number of hydrogen-bond acceptors (Lipinski definition) is 5. The standard InChI is InChI=1S/C20H20N4O3/c1-26-12-13-27-17-9-5-8-15-16(10-11-22-18(15)17)19(25)24-20(21)23-14-6-3-2-4-7-14/h2-11H,12-13H2,1H3,(H3,21,23,24,25). The summed E-state index contributed by atoms with van der Waals surface area (Å²) < 4.78 is 10.7. The number of aromatic nitrogens is 1. The van der Waals surface area contributed by atoms with Gasteiger partial charge in [-0.25, -0.2) is 4.99 Å². The van der Waals surface area contributed by atoms with Crippen LogP contribution >= 0.6 is 0 Å². The number of carbonyl (C=O) groups is 1. The lowest BCUT2D eigenvalue weighted by Gasteiger charge is -2.11. The number of benzene rings is 2. The molecule has 3 aromatic rings. The number of ether oxygens (including phenoxy) is 2. The van der Waals surface area contributed by atoms with Crippen LogP contribution in [-0.2, 0) is 4.74 Å². The average molecular weight is 364 g/mol. The molecule has 1 aromatic heterocycles. The second kappa shape index (κ2) is 8.77. The third-order valence-electron chi connectivity index (χ3n) is 3.77. The van der Waals surface area contributed by atoms with Gasteiger partial charge in [0.1, 0.15) is 17.9 Å². The van der Waals surface area contributed by atoms with Crippen molar-refractivity contribution in [2.45, 2.75) is 0 Å². The molecule has 0 unspecified atom stereocenters. The van der Waals surface area contributed by atoms with E-state index in [2.05, 4.69) is 15.3 Å². The molecular weight excluding hydrogens is 344 g/mol. The molecule has 7 nitrogen and oxygen atoms in total. The van der Waals surface area contributed by atoms with Crippen LogP contribution in [0.2, 0.25) is 0 Å². The van der Waals surface area contributed by atoms with E-state index in [9.17, 15) is 4.79 Å². The van der Waals surface area contributed by atoms with Crippen molar-refractivity contribution in [3.8, 4) is 5.75 Å². The number of guanidine groups is 1.